The van der Waals surface area contributed by atoms with Gasteiger partial charge in [0.05, 0.1) is 0 Å². The summed E-state index contributed by atoms with van der Waals surface area (Å²) < 4.78 is 0. The van der Waals surface area contributed by atoms with E-state index in [0.717, 1.165) is 32.5 Å². The second kappa shape index (κ2) is 7.41. The van der Waals surface area contributed by atoms with Crippen molar-refractivity contribution in [2.75, 3.05) is 26.7 Å². The summed E-state index contributed by atoms with van der Waals surface area (Å²) >= 11 is 0. The van der Waals surface area contributed by atoms with E-state index in [2.05, 4.69) is 5.32 Å². The summed E-state index contributed by atoms with van der Waals surface area (Å²) in [6, 6.07) is 9.16. The molecule has 4 nitrogen and oxygen atoms in total. The Bertz CT molecular complexity index is 414. The Hall–Kier alpha value is -1.39. The highest BCUT2D eigenvalue weighted by Gasteiger charge is 2.27. The summed E-state index contributed by atoms with van der Waals surface area (Å²) in [4.78, 5) is 14.1. The van der Waals surface area contributed by atoms with E-state index in [9.17, 15) is 9.90 Å². The number of benzene rings is 1. The van der Waals surface area contributed by atoms with Crippen LogP contribution in [-0.2, 0) is 4.79 Å². The molecule has 1 aromatic carbocycles. The Labute approximate surface area is 120 Å². The fourth-order valence-corrected chi connectivity index (χ4v) is 2.74. The Balaban J connectivity index is 1.85. The van der Waals surface area contributed by atoms with Crippen LogP contribution in [0.25, 0.3) is 0 Å². The molecule has 0 aromatic heterocycles. The van der Waals surface area contributed by atoms with E-state index in [0.29, 0.717) is 11.5 Å². The maximum absolute atomic E-state index is 12.3. The zero-order valence-corrected chi connectivity index (χ0v) is 12.1. The standard InChI is InChI=1S/C16H24N2O2/c1-17-10-7-13-8-11-18(12-9-13)16(20)15(19)14-5-3-2-4-6-14/h2-6,13,15,17,19H,7-12H2,1H3. The monoisotopic (exact) mass is 276 g/mol. The molecule has 1 aliphatic rings. The maximum atomic E-state index is 12.3. The van der Waals surface area contributed by atoms with Crippen LogP contribution in [0.3, 0.4) is 0 Å². The van der Waals surface area contributed by atoms with Crippen molar-refractivity contribution >= 4 is 5.91 Å². The van der Waals surface area contributed by atoms with E-state index >= 15 is 0 Å². The van der Waals surface area contributed by atoms with Crippen molar-refractivity contribution in [3.63, 3.8) is 0 Å². The van der Waals surface area contributed by atoms with Crippen molar-refractivity contribution in [2.45, 2.75) is 25.4 Å². The van der Waals surface area contributed by atoms with Crippen molar-refractivity contribution in [2.24, 2.45) is 5.92 Å². The van der Waals surface area contributed by atoms with Gasteiger partial charge in [-0.05, 0) is 44.3 Å². The Morgan fingerprint density at radius 1 is 1.35 bits per heavy atom. The third-order valence-corrected chi connectivity index (χ3v) is 4.08. The molecule has 1 saturated heterocycles. The highest BCUT2D eigenvalue weighted by atomic mass is 16.3. The Kier molecular flexibility index (Phi) is 5.56. The molecule has 4 heteroatoms. The summed E-state index contributed by atoms with van der Waals surface area (Å²) in [5, 5.41) is 13.3. The van der Waals surface area contributed by atoms with Gasteiger partial charge in [-0.2, -0.15) is 0 Å². The molecule has 0 saturated carbocycles. The number of carbonyl (C=O) groups is 1. The lowest BCUT2D eigenvalue weighted by Crippen LogP contribution is -2.41. The number of carbonyl (C=O) groups excluding carboxylic acids is 1. The minimum absolute atomic E-state index is 0.164. The van der Waals surface area contributed by atoms with E-state index < -0.39 is 6.10 Å². The maximum Gasteiger partial charge on any atom is 0.256 e. The average molecular weight is 276 g/mol. The molecule has 1 unspecified atom stereocenters. The number of aliphatic hydroxyl groups is 1. The molecule has 1 aliphatic heterocycles. The first-order valence-corrected chi connectivity index (χ1v) is 7.38. The van der Waals surface area contributed by atoms with Crippen LogP contribution in [-0.4, -0.2) is 42.6 Å². The molecule has 1 heterocycles. The number of amides is 1. The van der Waals surface area contributed by atoms with E-state index in [4.69, 9.17) is 0 Å². The Morgan fingerprint density at radius 2 is 2.00 bits per heavy atom. The van der Waals surface area contributed by atoms with Gasteiger partial charge < -0.3 is 15.3 Å². The first-order chi connectivity index (χ1) is 9.72. The highest BCUT2D eigenvalue weighted by molar-refractivity contribution is 5.82. The van der Waals surface area contributed by atoms with Gasteiger partial charge in [-0.1, -0.05) is 30.3 Å². The van der Waals surface area contributed by atoms with Crippen molar-refractivity contribution in [3.05, 3.63) is 35.9 Å². The van der Waals surface area contributed by atoms with E-state index in [1.807, 2.05) is 25.2 Å². The summed E-state index contributed by atoms with van der Waals surface area (Å²) in [7, 11) is 1.97. The zero-order chi connectivity index (χ0) is 14.4. The van der Waals surface area contributed by atoms with Gasteiger partial charge in [0.1, 0.15) is 0 Å². The quantitative estimate of drug-likeness (QED) is 0.858. The fourth-order valence-electron chi connectivity index (χ4n) is 2.74. The van der Waals surface area contributed by atoms with Crippen molar-refractivity contribution in [1.29, 1.82) is 0 Å². The van der Waals surface area contributed by atoms with Gasteiger partial charge in [0.2, 0.25) is 0 Å². The number of nitrogens with zero attached hydrogens (tertiary/aromatic N) is 1. The van der Waals surface area contributed by atoms with Crippen molar-refractivity contribution < 1.29 is 9.90 Å². The number of rotatable bonds is 5. The third kappa shape index (κ3) is 3.81. The molecule has 20 heavy (non-hydrogen) atoms. The molecule has 0 radical (unpaired) electrons. The lowest BCUT2D eigenvalue weighted by molar-refractivity contribution is -0.142. The van der Waals surface area contributed by atoms with Crippen molar-refractivity contribution in [1.82, 2.24) is 10.2 Å². The van der Waals surface area contributed by atoms with Crippen LogP contribution in [0.4, 0.5) is 0 Å². The number of aliphatic hydroxyl groups excluding tert-OH is 1. The molecule has 2 rings (SSSR count). The van der Waals surface area contributed by atoms with Gasteiger partial charge in [0, 0.05) is 13.1 Å². The SMILES string of the molecule is CNCCC1CCN(C(=O)C(O)c2ccccc2)CC1. The number of nitrogens with one attached hydrogen (secondary N) is 1. The number of hydrogen-bond donors (Lipinski definition) is 2. The van der Waals surface area contributed by atoms with Crippen LogP contribution >= 0.6 is 0 Å². The molecular formula is C16H24N2O2. The van der Waals surface area contributed by atoms with Gasteiger partial charge in [-0.3, -0.25) is 4.79 Å². The molecule has 1 aromatic rings. The first kappa shape index (κ1) is 15.0. The van der Waals surface area contributed by atoms with E-state index in [-0.39, 0.29) is 5.91 Å². The molecule has 1 amide bonds. The molecular weight excluding hydrogens is 252 g/mol. The average Bonchev–Trinajstić information content (AvgIpc) is 2.53. The topological polar surface area (TPSA) is 52.6 Å². The fraction of sp³-hybridized carbons (Fsp3) is 0.562. The summed E-state index contributed by atoms with van der Waals surface area (Å²) in [6.45, 7) is 2.56. The molecule has 1 atom stereocenters. The second-order valence-electron chi connectivity index (χ2n) is 5.47. The van der Waals surface area contributed by atoms with Crippen LogP contribution < -0.4 is 5.32 Å². The van der Waals surface area contributed by atoms with Crippen LogP contribution in [0.15, 0.2) is 30.3 Å². The summed E-state index contributed by atoms with van der Waals surface area (Å²) in [5.74, 6) is 0.531. The van der Waals surface area contributed by atoms with Gasteiger partial charge in [-0.25, -0.2) is 0 Å². The summed E-state index contributed by atoms with van der Waals surface area (Å²) in [5.41, 5.74) is 0.676. The highest BCUT2D eigenvalue weighted by Crippen LogP contribution is 2.23. The number of piperidine rings is 1. The molecule has 0 spiro atoms. The van der Waals surface area contributed by atoms with Crippen LogP contribution in [0, 0.1) is 5.92 Å². The smallest absolute Gasteiger partial charge is 0.256 e. The zero-order valence-electron chi connectivity index (χ0n) is 12.1. The van der Waals surface area contributed by atoms with Gasteiger partial charge in [0.15, 0.2) is 6.10 Å². The van der Waals surface area contributed by atoms with E-state index in [1.165, 1.54) is 6.42 Å². The number of hydrogen-bond acceptors (Lipinski definition) is 3. The lowest BCUT2D eigenvalue weighted by atomic mass is 9.93. The predicted octanol–water partition coefficient (Wildman–Crippen LogP) is 1.57. The van der Waals surface area contributed by atoms with E-state index in [1.54, 1.807) is 17.0 Å². The minimum atomic E-state index is -1.02. The van der Waals surface area contributed by atoms with Crippen molar-refractivity contribution in [3.8, 4) is 0 Å². The Morgan fingerprint density at radius 3 is 2.60 bits per heavy atom. The largest absolute Gasteiger partial charge is 0.378 e. The minimum Gasteiger partial charge on any atom is -0.378 e. The predicted molar refractivity (Wildman–Crippen MR) is 79.2 cm³/mol. The second-order valence-corrected chi connectivity index (χ2v) is 5.47. The third-order valence-electron chi connectivity index (χ3n) is 4.08. The molecule has 1 fully saturated rings. The molecule has 0 aliphatic carbocycles. The molecule has 110 valence electrons. The first-order valence-electron chi connectivity index (χ1n) is 7.38. The van der Waals surface area contributed by atoms with Crippen LogP contribution in [0.1, 0.15) is 30.9 Å². The van der Waals surface area contributed by atoms with Crippen LogP contribution in [0.5, 0.6) is 0 Å². The van der Waals surface area contributed by atoms with Gasteiger partial charge >= 0.3 is 0 Å². The van der Waals surface area contributed by atoms with Crippen LogP contribution in [0.2, 0.25) is 0 Å². The van der Waals surface area contributed by atoms with Gasteiger partial charge in [0.25, 0.3) is 5.91 Å². The normalized spacial score (nSPS) is 18.0. The van der Waals surface area contributed by atoms with Gasteiger partial charge in [-0.15, -0.1) is 0 Å². The number of likely N-dealkylation sites (tertiary alicyclic amines) is 1. The lowest BCUT2D eigenvalue weighted by Gasteiger charge is -2.33. The molecule has 0 bridgehead atoms. The summed E-state index contributed by atoms with van der Waals surface area (Å²) in [6.07, 6.45) is 2.22. The molecule has 2 N–H and O–H groups in total.